The number of amides is 1. The molecule has 0 bridgehead atoms. The second-order valence-electron chi connectivity index (χ2n) is 7.42. The Morgan fingerprint density at radius 3 is 2.15 bits per heavy atom. The Labute approximate surface area is 156 Å². The fraction of sp³-hybridized carbons (Fsp3) is 0.632. The van der Waals surface area contributed by atoms with Crippen molar-refractivity contribution < 1.29 is 18.1 Å². The van der Waals surface area contributed by atoms with Gasteiger partial charge in [-0.15, -0.1) is 0 Å². The molecule has 0 radical (unpaired) electrons. The first-order valence-electron chi connectivity index (χ1n) is 9.74. The molecule has 3 rings (SSSR count). The quantitative estimate of drug-likeness (QED) is 0.808. The molecule has 144 valence electrons. The molecule has 1 atom stereocenters. The first-order chi connectivity index (χ1) is 12.5. The lowest BCUT2D eigenvalue weighted by Gasteiger charge is -2.23. The van der Waals surface area contributed by atoms with Gasteiger partial charge in [0.15, 0.2) is 6.04 Å². The number of quaternary nitrogens is 1. The van der Waals surface area contributed by atoms with Crippen molar-refractivity contribution in [1.29, 1.82) is 0 Å². The summed E-state index contributed by atoms with van der Waals surface area (Å²) in [5, 5.41) is 2.94. The zero-order valence-electron chi connectivity index (χ0n) is 15.5. The van der Waals surface area contributed by atoms with E-state index >= 15 is 0 Å². The maximum atomic E-state index is 12.6. The number of likely N-dealkylation sites (tertiary alicyclic amines) is 1. The van der Waals surface area contributed by atoms with Crippen LogP contribution in [0.15, 0.2) is 29.2 Å². The standard InChI is InChI=1S/C19H29N3O3S/c1-16(21-12-4-2-3-5-13-21)19(23)20-17-8-10-18(11-9-17)26(24,25)22-14-6-7-15-22/h8-11,16H,2-7,12-15H2,1H3,(H,20,23)/p+1/t16-/m0/s1. The Bertz CT molecular complexity index is 704. The van der Waals surface area contributed by atoms with Crippen LogP contribution in [0.4, 0.5) is 5.69 Å². The predicted octanol–water partition coefficient (Wildman–Crippen LogP) is 1.26. The van der Waals surface area contributed by atoms with Crippen LogP contribution >= 0.6 is 0 Å². The van der Waals surface area contributed by atoms with Crippen molar-refractivity contribution in [2.45, 2.75) is 56.4 Å². The molecule has 0 aliphatic carbocycles. The van der Waals surface area contributed by atoms with Crippen LogP contribution in [-0.4, -0.2) is 50.9 Å². The van der Waals surface area contributed by atoms with Crippen LogP contribution < -0.4 is 10.2 Å². The number of sulfonamides is 1. The monoisotopic (exact) mass is 380 g/mol. The summed E-state index contributed by atoms with van der Waals surface area (Å²) in [5.74, 6) is -0.00273. The van der Waals surface area contributed by atoms with E-state index in [9.17, 15) is 13.2 Å². The summed E-state index contributed by atoms with van der Waals surface area (Å²) < 4.78 is 26.6. The maximum absolute atomic E-state index is 12.6. The fourth-order valence-electron chi connectivity index (χ4n) is 3.84. The van der Waals surface area contributed by atoms with Gasteiger partial charge in [0.2, 0.25) is 10.0 Å². The number of carbonyl (C=O) groups is 1. The topological polar surface area (TPSA) is 70.9 Å². The molecule has 2 aliphatic heterocycles. The molecule has 0 saturated carbocycles. The van der Waals surface area contributed by atoms with E-state index in [1.165, 1.54) is 34.9 Å². The van der Waals surface area contributed by atoms with Gasteiger partial charge in [-0.3, -0.25) is 4.79 Å². The lowest BCUT2D eigenvalue weighted by molar-refractivity contribution is -0.913. The molecule has 2 aliphatic rings. The van der Waals surface area contributed by atoms with Crippen molar-refractivity contribution >= 4 is 21.6 Å². The molecule has 0 spiro atoms. The SMILES string of the molecule is C[C@@H](C(=O)Nc1ccc(S(=O)(=O)N2CCCC2)cc1)[NH+]1CCCCCC1. The molecule has 6 nitrogen and oxygen atoms in total. The molecule has 0 aromatic heterocycles. The molecule has 2 N–H and O–H groups in total. The summed E-state index contributed by atoms with van der Waals surface area (Å²) in [6.45, 7) is 5.25. The summed E-state index contributed by atoms with van der Waals surface area (Å²) in [6.07, 6.45) is 6.70. The summed E-state index contributed by atoms with van der Waals surface area (Å²) in [5.41, 5.74) is 0.649. The van der Waals surface area contributed by atoms with E-state index in [-0.39, 0.29) is 11.9 Å². The van der Waals surface area contributed by atoms with Gasteiger partial charge in [0.05, 0.1) is 18.0 Å². The number of anilines is 1. The van der Waals surface area contributed by atoms with Gasteiger partial charge >= 0.3 is 0 Å². The van der Waals surface area contributed by atoms with E-state index in [2.05, 4.69) is 5.32 Å². The van der Waals surface area contributed by atoms with Gasteiger partial charge in [-0.25, -0.2) is 8.42 Å². The summed E-state index contributed by atoms with van der Waals surface area (Å²) >= 11 is 0. The lowest BCUT2D eigenvalue weighted by Crippen LogP contribution is -3.16. The van der Waals surface area contributed by atoms with Crippen molar-refractivity contribution in [3.63, 3.8) is 0 Å². The zero-order valence-corrected chi connectivity index (χ0v) is 16.4. The number of benzene rings is 1. The summed E-state index contributed by atoms with van der Waals surface area (Å²) in [4.78, 5) is 14.2. The molecular weight excluding hydrogens is 350 g/mol. The molecule has 26 heavy (non-hydrogen) atoms. The Morgan fingerprint density at radius 1 is 1.00 bits per heavy atom. The van der Waals surface area contributed by atoms with Gasteiger partial charge in [-0.2, -0.15) is 4.31 Å². The van der Waals surface area contributed by atoms with E-state index in [4.69, 9.17) is 0 Å². The molecule has 1 amide bonds. The third kappa shape index (κ3) is 4.45. The Kier molecular flexibility index (Phi) is 6.32. The second kappa shape index (κ2) is 8.50. The smallest absolute Gasteiger partial charge is 0.282 e. The highest BCUT2D eigenvalue weighted by atomic mass is 32.2. The fourth-order valence-corrected chi connectivity index (χ4v) is 5.36. The third-order valence-electron chi connectivity index (χ3n) is 5.58. The van der Waals surface area contributed by atoms with Gasteiger partial charge < -0.3 is 10.2 Å². The Hall–Kier alpha value is -1.44. The lowest BCUT2D eigenvalue weighted by atomic mass is 10.2. The van der Waals surface area contributed by atoms with Gasteiger partial charge in [0.1, 0.15) is 0 Å². The molecule has 7 heteroatoms. The minimum absolute atomic E-state index is 0.00273. The van der Waals surface area contributed by atoms with E-state index in [0.717, 1.165) is 25.9 Å². The van der Waals surface area contributed by atoms with E-state index in [0.29, 0.717) is 23.7 Å². The van der Waals surface area contributed by atoms with Crippen LogP contribution in [-0.2, 0) is 14.8 Å². The van der Waals surface area contributed by atoms with Crippen molar-refractivity contribution in [3.8, 4) is 0 Å². The van der Waals surface area contributed by atoms with Crippen LogP contribution in [0.25, 0.3) is 0 Å². The maximum Gasteiger partial charge on any atom is 0.282 e. The first-order valence-corrected chi connectivity index (χ1v) is 11.2. The third-order valence-corrected chi connectivity index (χ3v) is 7.49. The van der Waals surface area contributed by atoms with Crippen LogP contribution in [0.2, 0.25) is 0 Å². The largest absolute Gasteiger partial charge is 0.325 e. The highest BCUT2D eigenvalue weighted by molar-refractivity contribution is 7.89. The number of hydrogen-bond acceptors (Lipinski definition) is 3. The number of rotatable bonds is 5. The van der Waals surface area contributed by atoms with Crippen molar-refractivity contribution in [3.05, 3.63) is 24.3 Å². The van der Waals surface area contributed by atoms with E-state index in [1.807, 2.05) is 6.92 Å². The van der Waals surface area contributed by atoms with Crippen LogP contribution in [0, 0.1) is 0 Å². The Balaban J connectivity index is 1.62. The van der Waals surface area contributed by atoms with Crippen LogP contribution in [0.5, 0.6) is 0 Å². The highest BCUT2D eigenvalue weighted by Crippen LogP contribution is 2.22. The molecule has 1 aromatic carbocycles. The highest BCUT2D eigenvalue weighted by Gasteiger charge is 2.28. The molecule has 1 aromatic rings. The van der Waals surface area contributed by atoms with Gasteiger partial charge in [0, 0.05) is 18.8 Å². The normalized spacial score (nSPS) is 21.3. The van der Waals surface area contributed by atoms with Crippen molar-refractivity contribution in [2.75, 3.05) is 31.5 Å². The molecule has 2 fully saturated rings. The van der Waals surface area contributed by atoms with Gasteiger partial charge in [-0.1, -0.05) is 0 Å². The zero-order chi connectivity index (χ0) is 18.6. The van der Waals surface area contributed by atoms with Crippen LogP contribution in [0.1, 0.15) is 45.4 Å². The molecule has 0 unspecified atom stereocenters. The van der Waals surface area contributed by atoms with Crippen LogP contribution in [0.3, 0.4) is 0 Å². The molecular formula is C19H30N3O3S+. The number of nitrogens with one attached hydrogen (secondary N) is 2. The first kappa shape index (κ1) is 19.3. The number of carbonyl (C=O) groups excluding carboxylic acids is 1. The van der Waals surface area contributed by atoms with Gasteiger partial charge in [-0.05, 0) is 69.7 Å². The minimum atomic E-state index is -3.40. The number of hydrogen-bond donors (Lipinski definition) is 2. The molecule has 2 heterocycles. The summed E-state index contributed by atoms with van der Waals surface area (Å²) in [7, 11) is -3.40. The summed E-state index contributed by atoms with van der Waals surface area (Å²) in [6, 6.07) is 6.46. The predicted molar refractivity (Wildman–Crippen MR) is 102 cm³/mol. The van der Waals surface area contributed by atoms with E-state index < -0.39 is 10.0 Å². The van der Waals surface area contributed by atoms with Crippen molar-refractivity contribution in [2.24, 2.45) is 0 Å². The molecule has 2 saturated heterocycles. The Morgan fingerprint density at radius 2 is 1.58 bits per heavy atom. The second-order valence-corrected chi connectivity index (χ2v) is 9.36. The average Bonchev–Trinajstić information content (AvgIpc) is 3.06. The van der Waals surface area contributed by atoms with Gasteiger partial charge in [0.25, 0.3) is 5.91 Å². The minimum Gasteiger partial charge on any atom is -0.325 e. The number of nitrogens with zero attached hydrogens (tertiary/aromatic N) is 1. The van der Waals surface area contributed by atoms with Crippen molar-refractivity contribution in [1.82, 2.24) is 4.31 Å². The average molecular weight is 381 g/mol. The van der Waals surface area contributed by atoms with E-state index in [1.54, 1.807) is 24.3 Å².